The second kappa shape index (κ2) is 7.20. The van der Waals surface area contributed by atoms with Gasteiger partial charge in [0.1, 0.15) is 4.21 Å². The zero-order valence-corrected chi connectivity index (χ0v) is 12.3. The minimum Gasteiger partial charge on any atom is -0.377 e. The lowest BCUT2D eigenvalue weighted by Gasteiger charge is -2.08. The third kappa shape index (κ3) is 5.03. The van der Waals surface area contributed by atoms with Gasteiger partial charge >= 0.3 is 0 Å². The second-order valence-electron chi connectivity index (χ2n) is 4.08. The van der Waals surface area contributed by atoms with Gasteiger partial charge in [-0.3, -0.25) is 0 Å². The molecular formula is C11H20N2O3S2. The summed E-state index contributed by atoms with van der Waals surface area (Å²) in [5, 5.41) is 0. The summed E-state index contributed by atoms with van der Waals surface area (Å²) in [6.07, 6.45) is 0.809. The van der Waals surface area contributed by atoms with Crippen LogP contribution in [0.25, 0.3) is 0 Å². The molecule has 3 N–H and O–H groups in total. The van der Waals surface area contributed by atoms with Gasteiger partial charge in [-0.2, -0.15) is 0 Å². The molecule has 0 saturated heterocycles. The number of thiophene rings is 1. The van der Waals surface area contributed by atoms with Crippen molar-refractivity contribution in [2.75, 3.05) is 19.7 Å². The number of ether oxygens (including phenoxy) is 1. The molecular weight excluding hydrogens is 272 g/mol. The molecule has 0 aliphatic heterocycles. The van der Waals surface area contributed by atoms with Gasteiger partial charge in [0.25, 0.3) is 0 Å². The molecule has 5 nitrogen and oxygen atoms in total. The van der Waals surface area contributed by atoms with E-state index in [4.69, 9.17) is 10.5 Å². The fourth-order valence-electron chi connectivity index (χ4n) is 1.32. The highest BCUT2D eigenvalue weighted by atomic mass is 32.2. The molecule has 1 aromatic rings. The van der Waals surface area contributed by atoms with Crippen molar-refractivity contribution >= 4 is 21.4 Å². The molecule has 0 amide bonds. The Morgan fingerprint density at radius 2 is 2.17 bits per heavy atom. The maximum absolute atomic E-state index is 11.9. The van der Waals surface area contributed by atoms with Gasteiger partial charge in [-0.25, -0.2) is 13.1 Å². The van der Waals surface area contributed by atoms with E-state index in [0.717, 1.165) is 4.88 Å². The molecule has 7 heteroatoms. The highest BCUT2D eigenvalue weighted by molar-refractivity contribution is 7.91. The molecule has 0 spiro atoms. The molecule has 1 aromatic heterocycles. The standard InChI is InChI=1S/C11H20N2O3S2/c1-9(2)16-8-7-13-18(14,15)11-4-3-10(17-11)5-6-12/h3-4,9,13H,5-8,12H2,1-2H3. The highest BCUT2D eigenvalue weighted by Crippen LogP contribution is 2.21. The lowest BCUT2D eigenvalue weighted by molar-refractivity contribution is 0.0834. The molecule has 0 atom stereocenters. The van der Waals surface area contributed by atoms with Crippen LogP contribution in [0.2, 0.25) is 0 Å². The van der Waals surface area contributed by atoms with Crippen LogP contribution in [0.1, 0.15) is 18.7 Å². The topological polar surface area (TPSA) is 81.4 Å². The van der Waals surface area contributed by atoms with Crippen LogP contribution >= 0.6 is 11.3 Å². The summed E-state index contributed by atoms with van der Waals surface area (Å²) in [6.45, 7) is 5.00. The molecule has 1 heterocycles. The van der Waals surface area contributed by atoms with Gasteiger partial charge in [-0.1, -0.05) is 0 Å². The summed E-state index contributed by atoms with van der Waals surface area (Å²) in [6, 6.07) is 3.41. The Labute approximate surface area is 112 Å². The Bertz CT molecular complexity index is 455. The first-order chi connectivity index (χ1) is 8.45. The van der Waals surface area contributed by atoms with Crippen molar-refractivity contribution in [3.05, 3.63) is 17.0 Å². The van der Waals surface area contributed by atoms with E-state index in [1.165, 1.54) is 11.3 Å². The largest absolute Gasteiger partial charge is 0.377 e. The number of rotatable bonds is 8. The first kappa shape index (κ1) is 15.6. The van der Waals surface area contributed by atoms with Crippen LogP contribution in [0.4, 0.5) is 0 Å². The maximum atomic E-state index is 11.9. The van der Waals surface area contributed by atoms with E-state index < -0.39 is 10.0 Å². The van der Waals surface area contributed by atoms with Crippen LogP contribution in [0.3, 0.4) is 0 Å². The van der Waals surface area contributed by atoms with Crippen LogP contribution in [-0.4, -0.2) is 34.2 Å². The summed E-state index contributed by atoms with van der Waals surface area (Å²) in [4.78, 5) is 0.983. The number of nitrogens with two attached hydrogens (primary N) is 1. The van der Waals surface area contributed by atoms with Gasteiger partial charge in [-0.05, 0) is 38.9 Å². The average molecular weight is 292 g/mol. The lowest BCUT2D eigenvalue weighted by Crippen LogP contribution is -2.27. The van der Waals surface area contributed by atoms with Crippen LogP contribution in [0.5, 0.6) is 0 Å². The normalized spacial score (nSPS) is 12.2. The van der Waals surface area contributed by atoms with E-state index in [1.807, 2.05) is 13.8 Å². The quantitative estimate of drug-likeness (QED) is 0.699. The number of nitrogens with one attached hydrogen (secondary N) is 1. The SMILES string of the molecule is CC(C)OCCNS(=O)(=O)c1ccc(CCN)s1. The smallest absolute Gasteiger partial charge is 0.250 e. The van der Waals surface area contributed by atoms with Crippen molar-refractivity contribution in [3.63, 3.8) is 0 Å². The Balaban J connectivity index is 2.51. The molecule has 0 bridgehead atoms. The summed E-state index contributed by atoms with van der Waals surface area (Å²) in [5.74, 6) is 0. The second-order valence-corrected chi connectivity index (χ2v) is 7.24. The summed E-state index contributed by atoms with van der Waals surface area (Å²) in [7, 11) is -3.41. The monoisotopic (exact) mass is 292 g/mol. The average Bonchev–Trinajstić information content (AvgIpc) is 2.74. The molecule has 0 saturated carbocycles. The third-order valence-corrected chi connectivity index (χ3v) is 5.24. The van der Waals surface area contributed by atoms with Gasteiger partial charge in [-0.15, -0.1) is 11.3 Å². The van der Waals surface area contributed by atoms with E-state index in [0.29, 0.717) is 23.8 Å². The first-order valence-electron chi connectivity index (χ1n) is 5.85. The van der Waals surface area contributed by atoms with Crippen molar-refractivity contribution in [2.45, 2.75) is 30.6 Å². The summed E-state index contributed by atoms with van der Waals surface area (Å²) in [5.41, 5.74) is 5.43. The van der Waals surface area contributed by atoms with Crippen LogP contribution in [0.15, 0.2) is 16.3 Å². The van der Waals surface area contributed by atoms with Crippen molar-refractivity contribution < 1.29 is 13.2 Å². The van der Waals surface area contributed by atoms with Crippen molar-refractivity contribution in [3.8, 4) is 0 Å². The zero-order valence-electron chi connectivity index (χ0n) is 10.7. The van der Waals surface area contributed by atoms with Gasteiger partial charge in [0.15, 0.2) is 0 Å². The predicted molar refractivity (Wildman–Crippen MR) is 73.4 cm³/mol. The number of hydrogen-bond acceptors (Lipinski definition) is 5. The minimum absolute atomic E-state index is 0.104. The molecule has 104 valence electrons. The van der Waals surface area contributed by atoms with E-state index in [1.54, 1.807) is 12.1 Å². The zero-order chi connectivity index (χ0) is 13.6. The van der Waals surface area contributed by atoms with Gasteiger partial charge in [0.05, 0.1) is 12.7 Å². The molecule has 0 aliphatic rings. The van der Waals surface area contributed by atoms with Crippen LogP contribution in [-0.2, 0) is 21.2 Å². The molecule has 18 heavy (non-hydrogen) atoms. The van der Waals surface area contributed by atoms with Crippen LogP contribution < -0.4 is 10.5 Å². The van der Waals surface area contributed by atoms with E-state index in [9.17, 15) is 8.42 Å². The molecule has 0 unspecified atom stereocenters. The third-order valence-electron chi connectivity index (χ3n) is 2.14. The number of hydrogen-bond donors (Lipinski definition) is 2. The van der Waals surface area contributed by atoms with Gasteiger partial charge in [0.2, 0.25) is 10.0 Å². The molecule has 0 fully saturated rings. The highest BCUT2D eigenvalue weighted by Gasteiger charge is 2.15. The molecule has 0 aromatic carbocycles. The molecule has 0 radical (unpaired) electrons. The fraction of sp³-hybridized carbons (Fsp3) is 0.636. The maximum Gasteiger partial charge on any atom is 0.250 e. The van der Waals surface area contributed by atoms with E-state index in [2.05, 4.69) is 4.72 Å². The fourth-order valence-corrected chi connectivity index (χ4v) is 3.75. The Morgan fingerprint density at radius 3 is 2.78 bits per heavy atom. The Hall–Kier alpha value is -0.470. The summed E-state index contributed by atoms with van der Waals surface area (Å²) >= 11 is 1.26. The number of sulfonamides is 1. The van der Waals surface area contributed by atoms with Crippen molar-refractivity contribution in [1.82, 2.24) is 4.72 Å². The van der Waals surface area contributed by atoms with Gasteiger partial charge in [0, 0.05) is 11.4 Å². The molecule has 1 rings (SSSR count). The van der Waals surface area contributed by atoms with E-state index >= 15 is 0 Å². The van der Waals surface area contributed by atoms with E-state index in [-0.39, 0.29) is 12.6 Å². The van der Waals surface area contributed by atoms with Gasteiger partial charge < -0.3 is 10.5 Å². The Morgan fingerprint density at radius 1 is 1.44 bits per heavy atom. The summed E-state index contributed by atoms with van der Waals surface area (Å²) < 4.78 is 31.9. The predicted octanol–water partition coefficient (Wildman–Crippen LogP) is 0.953. The first-order valence-corrected chi connectivity index (χ1v) is 8.15. The lowest BCUT2D eigenvalue weighted by atomic mass is 10.3. The minimum atomic E-state index is -3.41. The Kier molecular flexibility index (Phi) is 6.24. The molecule has 0 aliphatic carbocycles. The van der Waals surface area contributed by atoms with Crippen LogP contribution in [0, 0.1) is 0 Å². The van der Waals surface area contributed by atoms with Crippen molar-refractivity contribution in [1.29, 1.82) is 0 Å². The van der Waals surface area contributed by atoms with Crippen molar-refractivity contribution in [2.24, 2.45) is 5.73 Å².